The molecule has 0 fully saturated rings. The van der Waals surface area contributed by atoms with Gasteiger partial charge in [0.25, 0.3) is 5.91 Å². The van der Waals surface area contributed by atoms with Gasteiger partial charge in [0.1, 0.15) is 6.66 Å². The average molecular weight is 256 g/mol. The molecule has 0 radical (unpaired) electrons. The van der Waals surface area contributed by atoms with E-state index in [0.29, 0.717) is 21.2 Å². The summed E-state index contributed by atoms with van der Waals surface area (Å²) >= 11 is 5.86. The molecule has 1 heterocycles. The molecule has 1 aromatic carbocycles. The summed E-state index contributed by atoms with van der Waals surface area (Å²) in [5, 5.41) is 1.66. The first-order valence-electron chi connectivity index (χ1n) is 4.52. The molecule has 1 atom stereocenters. The van der Waals surface area contributed by atoms with Gasteiger partial charge >= 0.3 is 7.80 Å². The molecule has 0 bridgehead atoms. The van der Waals surface area contributed by atoms with Crippen LogP contribution in [0.5, 0.6) is 0 Å². The molecule has 6 heteroatoms. The van der Waals surface area contributed by atoms with Crippen molar-refractivity contribution < 1.29 is 9.36 Å². The van der Waals surface area contributed by atoms with Gasteiger partial charge in [-0.2, -0.15) is 0 Å². The first-order chi connectivity index (χ1) is 7.50. The minimum Gasteiger partial charge on any atom is -0.364 e. The van der Waals surface area contributed by atoms with E-state index in [9.17, 15) is 9.36 Å². The van der Waals surface area contributed by atoms with Crippen molar-refractivity contribution in [2.75, 3.05) is 6.66 Å². The fourth-order valence-electron chi connectivity index (χ4n) is 1.66. The predicted molar refractivity (Wildman–Crippen MR) is 65.0 cm³/mol. The molecular formula is C10H9ClN2O2P+. The van der Waals surface area contributed by atoms with E-state index in [1.54, 1.807) is 18.2 Å². The van der Waals surface area contributed by atoms with Gasteiger partial charge in [-0.05, 0) is 18.2 Å². The van der Waals surface area contributed by atoms with Crippen LogP contribution < -0.4 is 11.0 Å². The number of nitrogens with one attached hydrogen (secondary N) is 1. The number of nitrogens with two attached hydrogens (primary N) is 1. The highest BCUT2D eigenvalue weighted by atomic mass is 35.5. The molecule has 1 unspecified atom stereocenters. The van der Waals surface area contributed by atoms with Crippen molar-refractivity contribution in [3.63, 3.8) is 0 Å². The van der Waals surface area contributed by atoms with Gasteiger partial charge in [-0.1, -0.05) is 16.2 Å². The Balaban J connectivity index is 2.88. The number of H-pyrrole nitrogens is 1. The number of halogens is 1. The zero-order valence-corrected chi connectivity index (χ0v) is 10.1. The van der Waals surface area contributed by atoms with Crippen LogP contribution in [0.4, 0.5) is 0 Å². The van der Waals surface area contributed by atoms with Crippen molar-refractivity contribution in [3.05, 3.63) is 28.9 Å². The standard InChI is InChI=1S/C10H8ClN2O2P/c1-16(15)9-6-4-5(11)2-3-7(6)13-8(9)10(12)14/h2-4H,1H3,(H2-,12,13,14,15)/p+1. The first kappa shape index (κ1) is 11.1. The molecule has 16 heavy (non-hydrogen) atoms. The largest absolute Gasteiger partial charge is 0.376 e. The highest BCUT2D eigenvalue weighted by Crippen LogP contribution is 2.26. The van der Waals surface area contributed by atoms with Crippen LogP contribution in [0.25, 0.3) is 10.9 Å². The third kappa shape index (κ3) is 1.70. The topological polar surface area (TPSA) is 76.0 Å². The molecule has 82 valence electrons. The lowest BCUT2D eigenvalue weighted by Crippen LogP contribution is -2.18. The molecule has 0 aliphatic rings. The third-order valence-electron chi connectivity index (χ3n) is 2.29. The lowest BCUT2D eigenvalue weighted by atomic mass is 10.2. The van der Waals surface area contributed by atoms with Crippen molar-refractivity contribution in [2.24, 2.45) is 5.73 Å². The second-order valence-corrected chi connectivity index (χ2v) is 5.28. The molecule has 2 rings (SSSR count). The van der Waals surface area contributed by atoms with Crippen LogP contribution in [0.15, 0.2) is 18.2 Å². The number of hydrogen-bond donors (Lipinski definition) is 2. The summed E-state index contributed by atoms with van der Waals surface area (Å²) in [5.74, 6) is -0.618. The van der Waals surface area contributed by atoms with Crippen molar-refractivity contribution in [1.29, 1.82) is 0 Å². The van der Waals surface area contributed by atoms with Crippen molar-refractivity contribution in [2.45, 2.75) is 0 Å². The summed E-state index contributed by atoms with van der Waals surface area (Å²) in [7, 11) is -1.66. The molecule has 1 amide bonds. The molecule has 0 saturated carbocycles. The minimum atomic E-state index is -1.66. The lowest BCUT2D eigenvalue weighted by molar-refractivity contribution is 0.0997. The van der Waals surface area contributed by atoms with Gasteiger partial charge in [0.2, 0.25) is 5.30 Å². The summed E-state index contributed by atoms with van der Waals surface area (Å²) in [6.45, 7) is 1.53. The van der Waals surface area contributed by atoms with E-state index >= 15 is 0 Å². The smallest absolute Gasteiger partial charge is 0.364 e. The number of benzene rings is 1. The van der Waals surface area contributed by atoms with E-state index in [-0.39, 0.29) is 5.69 Å². The number of aromatic nitrogens is 1. The molecule has 4 nitrogen and oxygen atoms in total. The molecule has 1 aromatic heterocycles. The van der Waals surface area contributed by atoms with E-state index in [4.69, 9.17) is 17.3 Å². The summed E-state index contributed by atoms with van der Waals surface area (Å²) < 4.78 is 11.6. The summed E-state index contributed by atoms with van der Waals surface area (Å²) in [6, 6.07) is 5.09. The Bertz CT molecular complexity index is 606. The Morgan fingerprint density at radius 1 is 1.50 bits per heavy atom. The number of fused-ring (bicyclic) bond motifs is 1. The normalized spacial score (nSPS) is 11.8. The Morgan fingerprint density at radius 2 is 2.19 bits per heavy atom. The number of carbonyl (C=O) groups excluding carboxylic acids is 1. The zero-order valence-electron chi connectivity index (χ0n) is 8.45. The average Bonchev–Trinajstić information content (AvgIpc) is 2.55. The van der Waals surface area contributed by atoms with Crippen molar-refractivity contribution in [3.8, 4) is 0 Å². The monoisotopic (exact) mass is 255 g/mol. The van der Waals surface area contributed by atoms with Crippen molar-refractivity contribution in [1.82, 2.24) is 4.98 Å². The third-order valence-corrected chi connectivity index (χ3v) is 3.62. The number of rotatable bonds is 2. The van der Waals surface area contributed by atoms with Gasteiger partial charge in [-0.15, -0.1) is 0 Å². The molecule has 0 aliphatic heterocycles. The maximum atomic E-state index is 11.6. The van der Waals surface area contributed by atoms with Gasteiger partial charge in [-0.3, -0.25) is 4.79 Å². The van der Waals surface area contributed by atoms with Gasteiger partial charge in [0, 0.05) is 5.02 Å². The van der Waals surface area contributed by atoms with Crippen LogP contribution in [0.3, 0.4) is 0 Å². The molecule has 0 spiro atoms. The van der Waals surface area contributed by atoms with E-state index in [2.05, 4.69) is 4.98 Å². The summed E-state index contributed by atoms with van der Waals surface area (Å²) in [4.78, 5) is 14.1. The van der Waals surface area contributed by atoms with Gasteiger partial charge in [0.15, 0.2) is 5.69 Å². The Hall–Kier alpha value is -1.38. The van der Waals surface area contributed by atoms with Crippen LogP contribution in [0.2, 0.25) is 5.02 Å². The summed E-state index contributed by atoms with van der Waals surface area (Å²) in [5.41, 5.74) is 6.12. The Labute approximate surface area is 97.6 Å². The highest BCUT2D eigenvalue weighted by Gasteiger charge is 2.27. The molecule has 3 N–H and O–H groups in total. The van der Waals surface area contributed by atoms with E-state index in [0.717, 1.165) is 0 Å². The maximum absolute atomic E-state index is 11.6. The number of amides is 1. The highest BCUT2D eigenvalue weighted by molar-refractivity contribution is 7.53. The Morgan fingerprint density at radius 3 is 2.75 bits per heavy atom. The summed E-state index contributed by atoms with van der Waals surface area (Å²) in [6.07, 6.45) is 0. The SMILES string of the molecule is C[P+](=O)c1c(C(N)=O)[nH]c2ccc(Cl)cc12. The van der Waals surface area contributed by atoms with E-state index in [1.165, 1.54) is 6.66 Å². The lowest BCUT2D eigenvalue weighted by Gasteiger charge is -1.89. The quantitative estimate of drug-likeness (QED) is 0.806. The molecule has 2 aromatic rings. The fourth-order valence-corrected chi connectivity index (χ4v) is 2.83. The van der Waals surface area contributed by atoms with Crippen LogP contribution in [-0.2, 0) is 4.57 Å². The first-order valence-corrected chi connectivity index (χ1v) is 6.61. The van der Waals surface area contributed by atoms with Crippen LogP contribution in [0, 0.1) is 0 Å². The Kier molecular flexibility index (Phi) is 2.70. The molecule has 0 aliphatic carbocycles. The second kappa shape index (κ2) is 3.89. The maximum Gasteiger partial charge on any atom is 0.376 e. The van der Waals surface area contributed by atoms with Gasteiger partial charge < -0.3 is 10.7 Å². The zero-order chi connectivity index (χ0) is 11.9. The number of hydrogen-bond acceptors (Lipinski definition) is 2. The number of primary amides is 1. The van der Waals surface area contributed by atoms with Crippen LogP contribution >= 0.6 is 19.4 Å². The molecule has 0 saturated heterocycles. The van der Waals surface area contributed by atoms with Crippen LogP contribution in [-0.4, -0.2) is 17.6 Å². The number of carbonyl (C=O) groups is 1. The fraction of sp³-hybridized carbons (Fsp3) is 0.100. The van der Waals surface area contributed by atoms with Gasteiger partial charge in [-0.25, -0.2) is 0 Å². The van der Waals surface area contributed by atoms with Gasteiger partial charge in [0.05, 0.1) is 10.9 Å². The van der Waals surface area contributed by atoms with E-state index in [1.807, 2.05) is 0 Å². The predicted octanol–water partition coefficient (Wildman–Crippen LogP) is 2.00. The second-order valence-electron chi connectivity index (χ2n) is 3.40. The number of aromatic amines is 1. The van der Waals surface area contributed by atoms with Crippen LogP contribution in [0.1, 0.15) is 10.5 Å². The van der Waals surface area contributed by atoms with Crippen molar-refractivity contribution >= 4 is 41.5 Å². The van der Waals surface area contributed by atoms with E-state index < -0.39 is 13.7 Å². The minimum absolute atomic E-state index is 0.195. The molecular weight excluding hydrogens is 247 g/mol.